The summed E-state index contributed by atoms with van der Waals surface area (Å²) >= 11 is 0. The quantitative estimate of drug-likeness (QED) is 0.658. The van der Waals surface area contributed by atoms with E-state index in [4.69, 9.17) is 0 Å². The smallest absolute Gasteiger partial charge is 0.178 e. The number of allylic oxidation sites excluding steroid dienone is 4. The molecular weight excluding hydrogens is 190 g/mol. The first-order chi connectivity index (χ1) is 7.24. The average Bonchev–Trinajstić information content (AvgIpc) is 2.25. The van der Waals surface area contributed by atoms with Gasteiger partial charge in [0.05, 0.1) is 17.9 Å². The van der Waals surface area contributed by atoms with Crippen molar-refractivity contribution in [2.45, 2.75) is 37.8 Å². The average molecular weight is 205 g/mol. The van der Waals surface area contributed by atoms with Gasteiger partial charge in [-0.3, -0.25) is 9.79 Å². The molecule has 0 bridgehead atoms. The number of aliphatic imine (C=N–C) groups is 1. The van der Waals surface area contributed by atoms with Crippen LogP contribution in [0.5, 0.6) is 0 Å². The number of aliphatic hydroxyl groups is 1. The summed E-state index contributed by atoms with van der Waals surface area (Å²) in [5, 5.41) is 9.35. The Balaban J connectivity index is 1.96. The van der Waals surface area contributed by atoms with Crippen LogP contribution < -0.4 is 0 Å². The van der Waals surface area contributed by atoms with Gasteiger partial charge in [-0.1, -0.05) is 0 Å². The summed E-state index contributed by atoms with van der Waals surface area (Å²) in [5.41, 5.74) is 0.871. The number of ketones is 1. The Morgan fingerprint density at radius 2 is 1.67 bits per heavy atom. The van der Waals surface area contributed by atoms with Crippen LogP contribution in [0.2, 0.25) is 0 Å². The Hall–Kier alpha value is -1.22. The van der Waals surface area contributed by atoms with Gasteiger partial charge >= 0.3 is 0 Å². The highest BCUT2D eigenvalue weighted by Crippen LogP contribution is 2.21. The molecule has 0 aromatic rings. The number of aliphatic hydroxyl groups excluding tert-OH is 1. The van der Waals surface area contributed by atoms with E-state index in [0.717, 1.165) is 31.4 Å². The first-order valence-corrected chi connectivity index (χ1v) is 5.40. The van der Waals surface area contributed by atoms with Crippen LogP contribution in [-0.4, -0.2) is 28.7 Å². The molecule has 0 heterocycles. The molecule has 0 saturated heterocycles. The fraction of sp³-hybridized carbons (Fsp3) is 0.500. The third-order valence-electron chi connectivity index (χ3n) is 2.83. The predicted octanol–water partition coefficient (Wildman–Crippen LogP) is 1.43. The molecule has 0 atom stereocenters. The maximum absolute atomic E-state index is 10.9. The first-order valence-electron chi connectivity index (χ1n) is 5.40. The molecule has 0 aromatic heterocycles. The predicted molar refractivity (Wildman–Crippen MR) is 59.0 cm³/mol. The van der Waals surface area contributed by atoms with Gasteiger partial charge in [-0.2, -0.15) is 0 Å². The fourth-order valence-electron chi connectivity index (χ4n) is 1.93. The van der Waals surface area contributed by atoms with Gasteiger partial charge in [-0.25, -0.2) is 0 Å². The number of nitrogens with zero attached hydrogens (tertiary/aromatic N) is 1. The molecule has 0 aromatic carbocycles. The van der Waals surface area contributed by atoms with Gasteiger partial charge in [0.1, 0.15) is 0 Å². The van der Waals surface area contributed by atoms with Gasteiger partial charge in [0, 0.05) is 0 Å². The fourth-order valence-corrected chi connectivity index (χ4v) is 1.93. The monoisotopic (exact) mass is 205 g/mol. The number of rotatable bonds is 1. The van der Waals surface area contributed by atoms with E-state index >= 15 is 0 Å². The van der Waals surface area contributed by atoms with Gasteiger partial charge in [-0.05, 0) is 50.0 Å². The van der Waals surface area contributed by atoms with Crippen molar-refractivity contribution in [3.05, 3.63) is 24.3 Å². The maximum Gasteiger partial charge on any atom is 0.178 e. The number of carbonyl (C=O) groups excluding carboxylic acids is 1. The van der Waals surface area contributed by atoms with Crippen molar-refractivity contribution in [1.29, 1.82) is 0 Å². The van der Waals surface area contributed by atoms with E-state index in [-0.39, 0.29) is 11.9 Å². The maximum atomic E-state index is 10.9. The minimum absolute atomic E-state index is 0.0213. The molecule has 1 saturated carbocycles. The van der Waals surface area contributed by atoms with Crippen LogP contribution in [0.1, 0.15) is 25.7 Å². The van der Waals surface area contributed by atoms with E-state index in [1.807, 2.05) is 0 Å². The third kappa shape index (κ3) is 2.86. The van der Waals surface area contributed by atoms with E-state index in [1.165, 1.54) is 12.2 Å². The van der Waals surface area contributed by atoms with Gasteiger partial charge < -0.3 is 5.11 Å². The zero-order valence-corrected chi connectivity index (χ0v) is 8.60. The third-order valence-corrected chi connectivity index (χ3v) is 2.83. The Morgan fingerprint density at radius 1 is 1.07 bits per heavy atom. The Kier molecular flexibility index (Phi) is 3.11. The van der Waals surface area contributed by atoms with Gasteiger partial charge in [0.15, 0.2) is 5.78 Å². The number of carbonyl (C=O) groups is 1. The van der Waals surface area contributed by atoms with Crippen LogP contribution in [0.25, 0.3) is 0 Å². The second kappa shape index (κ2) is 4.53. The minimum atomic E-state index is -0.138. The lowest BCUT2D eigenvalue weighted by molar-refractivity contribution is -0.110. The van der Waals surface area contributed by atoms with Crippen molar-refractivity contribution >= 4 is 11.5 Å². The highest BCUT2D eigenvalue weighted by molar-refractivity contribution is 6.16. The zero-order chi connectivity index (χ0) is 10.7. The molecule has 80 valence electrons. The Bertz CT molecular complexity index is 316. The molecule has 0 aliphatic heterocycles. The van der Waals surface area contributed by atoms with Crippen LogP contribution in [0, 0.1) is 0 Å². The Labute approximate surface area is 89.2 Å². The molecule has 0 unspecified atom stereocenters. The largest absolute Gasteiger partial charge is 0.393 e. The van der Waals surface area contributed by atoms with Gasteiger partial charge in [0.25, 0.3) is 0 Å². The van der Waals surface area contributed by atoms with Crippen molar-refractivity contribution in [3.8, 4) is 0 Å². The van der Waals surface area contributed by atoms with Crippen LogP contribution >= 0.6 is 0 Å². The molecule has 2 aliphatic rings. The van der Waals surface area contributed by atoms with Crippen molar-refractivity contribution in [2.24, 2.45) is 4.99 Å². The van der Waals surface area contributed by atoms with E-state index in [0.29, 0.717) is 6.04 Å². The molecule has 15 heavy (non-hydrogen) atoms. The molecular formula is C12H15NO2. The van der Waals surface area contributed by atoms with E-state index in [9.17, 15) is 9.90 Å². The van der Waals surface area contributed by atoms with Crippen LogP contribution in [0.4, 0.5) is 0 Å². The lowest BCUT2D eigenvalue weighted by Crippen LogP contribution is -2.21. The van der Waals surface area contributed by atoms with Crippen LogP contribution in [0.3, 0.4) is 0 Å². The van der Waals surface area contributed by atoms with E-state index in [2.05, 4.69) is 4.99 Å². The first kappa shape index (κ1) is 10.3. The second-order valence-electron chi connectivity index (χ2n) is 4.09. The highest BCUT2D eigenvalue weighted by Gasteiger charge is 2.18. The molecule has 1 fully saturated rings. The summed E-state index contributed by atoms with van der Waals surface area (Å²) in [6, 6.07) is 0.311. The summed E-state index contributed by atoms with van der Waals surface area (Å²) in [7, 11) is 0. The van der Waals surface area contributed by atoms with Crippen LogP contribution in [-0.2, 0) is 4.79 Å². The highest BCUT2D eigenvalue weighted by atomic mass is 16.3. The van der Waals surface area contributed by atoms with Gasteiger partial charge in [-0.15, -0.1) is 0 Å². The standard InChI is InChI=1S/C12H15NO2/c14-11-5-1-9(2-6-11)13-10-3-7-12(15)8-4-10/h1-2,5-6,10,12,15H,3-4,7-8H2. The molecule has 0 spiro atoms. The summed E-state index contributed by atoms with van der Waals surface area (Å²) in [6.45, 7) is 0. The van der Waals surface area contributed by atoms with Crippen LogP contribution in [0.15, 0.2) is 29.3 Å². The summed E-state index contributed by atoms with van der Waals surface area (Å²) < 4.78 is 0. The normalized spacial score (nSPS) is 30.7. The second-order valence-corrected chi connectivity index (χ2v) is 4.09. The summed E-state index contributed by atoms with van der Waals surface area (Å²) in [5.74, 6) is 0.0213. The molecule has 2 rings (SSSR count). The van der Waals surface area contributed by atoms with Crippen molar-refractivity contribution in [3.63, 3.8) is 0 Å². The number of hydrogen-bond acceptors (Lipinski definition) is 3. The molecule has 2 aliphatic carbocycles. The zero-order valence-electron chi connectivity index (χ0n) is 8.60. The van der Waals surface area contributed by atoms with Crippen molar-refractivity contribution in [1.82, 2.24) is 0 Å². The molecule has 3 nitrogen and oxygen atoms in total. The molecule has 0 amide bonds. The van der Waals surface area contributed by atoms with Crippen molar-refractivity contribution in [2.75, 3.05) is 0 Å². The van der Waals surface area contributed by atoms with Gasteiger partial charge in [0.2, 0.25) is 0 Å². The topological polar surface area (TPSA) is 49.7 Å². The molecule has 0 radical (unpaired) electrons. The van der Waals surface area contributed by atoms with E-state index < -0.39 is 0 Å². The molecule has 1 N–H and O–H groups in total. The van der Waals surface area contributed by atoms with E-state index in [1.54, 1.807) is 12.2 Å². The number of hydrogen-bond donors (Lipinski definition) is 1. The molecule has 3 heteroatoms. The SMILES string of the molecule is O=C1C=CC(=NC2CCC(O)CC2)C=C1. The minimum Gasteiger partial charge on any atom is -0.393 e. The summed E-state index contributed by atoms with van der Waals surface area (Å²) in [6.07, 6.45) is 10.0. The lowest BCUT2D eigenvalue weighted by Gasteiger charge is -2.22. The summed E-state index contributed by atoms with van der Waals surface area (Å²) in [4.78, 5) is 15.4. The lowest BCUT2D eigenvalue weighted by atomic mass is 9.93. The Morgan fingerprint density at radius 3 is 2.27 bits per heavy atom. The van der Waals surface area contributed by atoms with Crippen molar-refractivity contribution < 1.29 is 9.90 Å².